The Labute approximate surface area is 218 Å². The van der Waals surface area contributed by atoms with E-state index in [1.807, 2.05) is 6.92 Å². The molecule has 190 valence electrons. The molecule has 2 amide bonds. The zero-order valence-corrected chi connectivity index (χ0v) is 21.7. The van der Waals surface area contributed by atoms with Gasteiger partial charge < -0.3 is 0 Å². The van der Waals surface area contributed by atoms with Crippen LogP contribution in [0.3, 0.4) is 0 Å². The highest BCUT2D eigenvalue weighted by Gasteiger charge is 2.40. The largest absolute Gasteiger partial charge is 0.293 e. The molecule has 2 aromatic carbocycles. The molecule has 0 bridgehead atoms. The average molecular weight is 550 g/mol. The van der Waals surface area contributed by atoms with Crippen molar-refractivity contribution in [2.45, 2.75) is 50.0 Å². The van der Waals surface area contributed by atoms with Crippen LogP contribution in [-0.4, -0.2) is 35.4 Å². The molecule has 1 unspecified atom stereocenters. The van der Waals surface area contributed by atoms with E-state index in [4.69, 9.17) is 11.6 Å². The van der Waals surface area contributed by atoms with Crippen molar-refractivity contribution >= 4 is 62.0 Å². The SMILES string of the molecule is CC(C1CCCCC1)N1C(=O)S/C(=C\c2ccc(NS(=O)(=O)c3ccc(Cl)c([N+](=O)[O-])c3)cc2)C1=O. The Bertz CT molecular complexity index is 1340. The van der Waals surface area contributed by atoms with Crippen molar-refractivity contribution in [2.75, 3.05) is 4.72 Å². The third kappa shape index (κ3) is 5.58. The molecule has 4 rings (SSSR count). The Morgan fingerprint density at radius 1 is 1.14 bits per heavy atom. The maximum atomic E-state index is 13.0. The van der Waals surface area contributed by atoms with Crippen LogP contribution < -0.4 is 4.72 Å². The summed E-state index contributed by atoms with van der Waals surface area (Å²) in [6.45, 7) is 1.94. The third-order valence-electron chi connectivity index (χ3n) is 6.45. The molecule has 1 saturated heterocycles. The highest BCUT2D eigenvalue weighted by Crippen LogP contribution is 2.38. The summed E-state index contributed by atoms with van der Waals surface area (Å²) in [4.78, 5) is 37.3. The number of nitro groups is 1. The van der Waals surface area contributed by atoms with Gasteiger partial charge in [0.2, 0.25) is 0 Å². The summed E-state index contributed by atoms with van der Waals surface area (Å²) in [6, 6.07) is 9.30. The number of amides is 2. The van der Waals surface area contributed by atoms with Gasteiger partial charge in [0.1, 0.15) is 5.02 Å². The molecule has 1 aliphatic carbocycles. The second kappa shape index (κ2) is 10.6. The van der Waals surface area contributed by atoms with Gasteiger partial charge in [-0.15, -0.1) is 0 Å². The molecule has 2 aromatic rings. The van der Waals surface area contributed by atoms with Gasteiger partial charge in [0.15, 0.2) is 0 Å². The Hall–Kier alpha value is -2.89. The number of nitrogens with one attached hydrogen (secondary N) is 1. The van der Waals surface area contributed by atoms with Crippen molar-refractivity contribution in [1.29, 1.82) is 0 Å². The van der Waals surface area contributed by atoms with E-state index in [1.165, 1.54) is 29.5 Å². The van der Waals surface area contributed by atoms with E-state index in [1.54, 1.807) is 18.2 Å². The van der Waals surface area contributed by atoms with E-state index in [-0.39, 0.29) is 32.8 Å². The second-order valence-electron chi connectivity index (χ2n) is 8.79. The van der Waals surface area contributed by atoms with Crippen LogP contribution in [0.1, 0.15) is 44.6 Å². The molecule has 0 radical (unpaired) electrons. The third-order valence-corrected chi connectivity index (χ3v) is 9.03. The standard InChI is InChI=1S/C24H24ClN3O6S2/c1-15(17-5-3-2-4-6-17)27-23(29)22(35-24(27)30)13-16-7-9-18(10-8-16)26-36(33,34)19-11-12-20(25)21(14-19)28(31)32/h7-15,17,26H,2-6H2,1H3/b22-13-. The number of carbonyl (C=O) groups excluding carboxylic acids is 2. The fraction of sp³-hybridized carbons (Fsp3) is 0.333. The first-order valence-electron chi connectivity index (χ1n) is 11.4. The van der Waals surface area contributed by atoms with Crippen LogP contribution in [0.5, 0.6) is 0 Å². The molecule has 36 heavy (non-hydrogen) atoms. The number of halogens is 1. The van der Waals surface area contributed by atoms with Gasteiger partial charge in [-0.3, -0.25) is 29.3 Å². The fourth-order valence-electron chi connectivity index (χ4n) is 4.47. The molecule has 2 aliphatic rings. The monoisotopic (exact) mass is 549 g/mol. The number of hydrogen-bond acceptors (Lipinski definition) is 7. The predicted molar refractivity (Wildman–Crippen MR) is 139 cm³/mol. The summed E-state index contributed by atoms with van der Waals surface area (Å²) in [5, 5.41) is 10.6. The highest BCUT2D eigenvalue weighted by atomic mass is 35.5. The van der Waals surface area contributed by atoms with Gasteiger partial charge in [-0.05, 0) is 73.4 Å². The number of carbonyl (C=O) groups is 2. The Kier molecular flexibility index (Phi) is 7.72. The summed E-state index contributed by atoms with van der Waals surface area (Å²) in [6.07, 6.45) is 7.07. The summed E-state index contributed by atoms with van der Waals surface area (Å²) < 4.78 is 27.7. The maximum Gasteiger partial charge on any atom is 0.293 e. The molecular formula is C24H24ClN3O6S2. The molecular weight excluding hydrogens is 526 g/mol. The summed E-state index contributed by atoms with van der Waals surface area (Å²) >= 11 is 6.67. The lowest BCUT2D eigenvalue weighted by atomic mass is 9.84. The van der Waals surface area contributed by atoms with Crippen LogP contribution in [0, 0.1) is 16.0 Å². The van der Waals surface area contributed by atoms with Gasteiger partial charge >= 0.3 is 0 Å². The number of imide groups is 1. The van der Waals surface area contributed by atoms with Gasteiger partial charge in [0, 0.05) is 17.8 Å². The first-order valence-corrected chi connectivity index (χ1v) is 14.1. The number of hydrogen-bond donors (Lipinski definition) is 1. The Balaban J connectivity index is 1.47. The minimum atomic E-state index is -4.10. The number of nitrogens with zero attached hydrogens (tertiary/aromatic N) is 2. The number of benzene rings is 2. The van der Waals surface area contributed by atoms with Crippen LogP contribution in [-0.2, 0) is 14.8 Å². The number of thioether (sulfide) groups is 1. The highest BCUT2D eigenvalue weighted by molar-refractivity contribution is 8.18. The molecule has 0 aromatic heterocycles. The molecule has 1 heterocycles. The summed E-state index contributed by atoms with van der Waals surface area (Å²) in [7, 11) is -4.10. The average Bonchev–Trinajstić information content (AvgIpc) is 3.12. The van der Waals surface area contributed by atoms with Crippen molar-refractivity contribution < 1.29 is 22.9 Å². The first kappa shape index (κ1) is 26.2. The molecule has 1 aliphatic heterocycles. The molecule has 2 fully saturated rings. The van der Waals surface area contributed by atoms with Gasteiger partial charge in [0.05, 0.1) is 14.7 Å². The lowest BCUT2D eigenvalue weighted by Crippen LogP contribution is -2.42. The molecule has 1 N–H and O–H groups in total. The van der Waals surface area contributed by atoms with E-state index >= 15 is 0 Å². The lowest BCUT2D eigenvalue weighted by Gasteiger charge is -2.32. The van der Waals surface area contributed by atoms with E-state index in [9.17, 15) is 28.1 Å². The van der Waals surface area contributed by atoms with Gasteiger partial charge in [-0.25, -0.2) is 8.42 Å². The molecule has 1 saturated carbocycles. The van der Waals surface area contributed by atoms with Gasteiger partial charge in [-0.1, -0.05) is 43.0 Å². The van der Waals surface area contributed by atoms with Crippen LogP contribution in [0.2, 0.25) is 5.02 Å². The Morgan fingerprint density at radius 2 is 1.81 bits per heavy atom. The molecule has 12 heteroatoms. The molecule has 9 nitrogen and oxygen atoms in total. The van der Waals surface area contributed by atoms with E-state index in [0.29, 0.717) is 16.4 Å². The number of nitro benzene ring substituents is 1. The first-order chi connectivity index (χ1) is 17.1. The maximum absolute atomic E-state index is 13.0. The van der Waals surface area contributed by atoms with E-state index in [0.717, 1.165) is 49.6 Å². The van der Waals surface area contributed by atoms with Crippen LogP contribution in [0.25, 0.3) is 6.08 Å². The van der Waals surface area contributed by atoms with Crippen molar-refractivity contribution in [3.05, 3.63) is 68.1 Å². The Morgan fingerprint density at radius 3 is 2.44 bits per heavy atom. The van der Waals surface area contributed by atoms with Crippen molar-refractivity contribution in [2.24, 2.45) is 5.92 Å². The number of rotatable bonds is 7. The quantitative estimate of drug-likeness (QED) is 0.253. The van der Waals surface area contributed by atoms with Crippen molar-refractivity contribution in [3.63, 3.8) is 0 Å². The van der Waals surface area contributed by atoms with E-state index < -0.39 is 20.6 Å². The minimum absolute atomic E-state index is 0.149. The smallest absolute Gasteiger partial charge is 0.280 e. The summed E-state index contributed by atoms with van der Waals surface area (Å²) in [5.74, 6) is 0.0122. The second-order valence-corrected chi connectivity index (χ2v) is 11.9. The van der Waals surface area contributed by atoms with Crippen molar-refractivity contribution in [3.8, 4) is 0 Å². The van der Waals surface area contributed by atoms with Crippen LogP contribution >= 0.6 is 23.4 Å². The minimum Gasteiger partial charge on any atom is -0.280 e. The zero-order valence-electron chi connectivity index (χ0n) is 19.3. The zero-order chi connectivity index (χ0) is 26.0. The lowest BCUT2D eigenvalue weighted by molar-refractivity contribution is -0.384. The predicted octanol–water partition coefficient (Wildman–Crippen LogP) is 6.05. The van der Waals surface area contributed by atoms with Crippen molar-refractivity contribution in [1.82, 2.24) is 4.90 Å². The molecule has 1 atom stereocenters. The van der Waals surface area contributed by atoms with E-state index in [2.05, 4.69) is 4.72 Å². The fourth-order valence-corrected chi connectivity index (χ4v) is 6.65. The number of anilines is 1. The van der Waals surface area contributed by atoms with Crippen LogP contribution in [0.4, 0.5) is 16.2 Å². The van der Waals surface area contributed by atoms with Gasteiger partial charge in [-0.2, -0.15) is 0 Å². The summed E-state index contributed by atoms with van der Waals surface area (Å²) in [5.41, 5.74) is 0.335. The van der Waals surface area contributed by atoms with Gasteiger partial charge in [0.25, 0.3) is 26.9 Å². The topological polar surface area (TPSA) is 127 Å². The number of sulfonamides is 1. The van der Waals surface area contributed by atoms with Crippen LogP contribution in [0.15, 0.2) is 52.3 Å². The normalized spacial score (nSPS) is 19.1. The molecule has 0 spiro atoms.